The number of halogens is 4. The number of likely N-dealkylation sites (N-methyl/N-ethyl adjacent to an activating group) is 2. The zero-order valence-electron chi connectivity index (χ0n) is 23.7. The minimum Gasteiger partial charge on any atom is -0.347 e. The molecule has 0 radical (unpaired) electrons. The van der Waals surface area contributed by atoms with E-state index in [1.54, 1.807) is 14.1 Å². The van der Waals surface area contributed by atoms with Crippen LogP contribution in [0, 0.1) is 47.6 Å². The van der Waals surface area contributed by atoms with E-state index in [1.165, 1.54) is 35.8 Å². The number of amides is 2. The molecule has 2 aliphatic carbocycles. The molecule has 2 aromatic rings. The summed E-state index contributed by atoms with van der Waals surface area (Å²) in [6.45, 7) is 3.69. The molecule has 2 amide bonds. The molecule has 216 valence electrons. The summed E-state index contributed by atoms with van der Waals surface area (Å²) in [5.74, 6) is -2.96. The van der Waals surface area contributed by atoms with Gasteiger partial charge >= 0.3 is 21.7 Å². The second-order valence-corrected chi connectivity index (χ2v) is 8.68. The molecule has 0 aromatic heterocycles. The van der Waals surface area contributed by atoms with Crippen molar-refractivity contribution in [2.45, 2.75) is 39.5 Å². The largest absolute Gasteiger partial charge is 4.00 e. The molecular formula is C32H34F4N2O2Ti. The summed E-state index contributed by atoms with van der Waals surface area (Å²) in [5.41, 5.74) is 0.731. The van der Waals surface area contributed by atoms with Crippen molar-refractivity contribution < 1.29 is 48.9 Å². The predicted octanol–water partition coefficient (Wildman–Crippen LogP) is 6.18. The van der Waals surface area contributed by atoms with Crippen molar-refractivity contribution in [1.29, 1.82) is 0 Å². The number of hydrogen-bond donors (Lipinski definition) is 0. The molecule has 0 heterocycles. The number of allylic oxidation sites excluding steroid dienone is 8. The van der Waals surface area contributed by atoms with E-state index >= 15 is 0 Å². The Bertz CT molecular complexity index is 1100. The summed E-state index contributed by atoms with van der Waals surface area (Å²) in [6, 6.07) is 8.97. The summed E-state index contributed by atoms with van der Waals surface area (Å²) in [7, 11) is 3.26. The number of carbonyl (C=O) groups is 2. The monoisotopic (exact) mass is 602 g/mol. The minimum atomic E-state index is -0.712. The topological polar surface area (TPSA) is 40.6 Å². The van der Waals surface area contributed by atoms with Gasteiger partial charge in [-0.25, -0.2) is 41.9 Å². The smallest absolute Gasteiger partial charge is 0.347 e. The number of hydrogen-bond acceptors (Lipinski definition) is 2. The average molecular weight is 602 g/mol. The SMILES string of the molecule is CC(=O)N(C)CCc1ccc(F)[c-]c1F.CC(=O)N(C)CCc1ccc(F)[c-]c1F.[C-]1=CC=CC1.[C-]1=CC=CC1.[Ti+4]. The fourth-order valence-electron chi connectivity index (χ4n) is 2.91. The van der Waals surface area contributed by atoms with Crippen LogP contribution in [0.5, 0.6) is 0 Å². The normalized spacial score (nSPS) is 11.7. The van der Waals surface area contributed by atoms with Crippen LogP contribution in [-0.2, 0) is 44.1 Å². The van der Waals surface area contributed by atoms with E-state index in [-0.39, 0.29) is 33.5 Å². The standard InChI is InChI=1S/2C11H12F2NO.2C5H5.Ti/c2*1-8(15)14(2)6-5-9-3-4-10(12)7-11(9)13;2*1-2-4-5-3-1;/h2*3-4H,5-6H2,1-2H3;2*1-3H,4H2;/q4*-1;+4. The van der Waals surface area contributed by atoms with Crippen molar-refractivity contribution in [2.24, 2.45) is 0 Å². The molecule has 0 saturated heterocycles. The molecule has 0 atom stereocenters. The number of nitrogens with zero attached hydrogens (tertiary/aromatic N) is 2. The predicted molar refractivity (Wildman–Crippen MR) is 148 cm³/mol. The van der Waals surface area contributed by atoms with E-state index in [4.69, 9.17) is 0 Å². The third-order valence-electron chi connectivity index (χ3n) is 5.56. The maximum atomic E-state index is 13.1. The molecule has 0 fully saturated rings. The van der Waals surface area contributed by atoms with Gasteiger partial charge in [0.15, 0.2) is 0 Å². The Morgan fingerprint density at radius 1 is 0.707 bits per heavy atom. The maximum Gasteiger partial charge on any atom is 4.00 e. The molecule has 0 unspecified atom stereocenters. The Kier molecular flexibility index (Phi) is 19.8. The van der Waals surface area contributed by atoms with Gasteiger partial charge in [-0.15, -0.1) is 48.2 Å². The van der Waals surface area contributed by atoms with E-state index in [9.17, 15) is 27.2 Å². The minimum absolute atomic E-state index is 0. The van der Waals surface area contributed by atoms with Crippen LogP contribution in [0.2, 0.25) is 0 Å². The van der Waals surface area contributed by atoms with Crippen LogP contribution in [0.15, 0.2) is 60.7 Å². The number of carbonyl (C=O) groups excluding carboxylic acids is 2. The summed E-state index contributed by atoms with van der Waals surface area (Å²) in [4.78, 5) is 24.7. The molecule has 2 aliphatic rings. The second kappa shape index (κ2) is 21.5. The van der Waals surface area contributed by atoms with Crippen molar-refractivity contribution in [3.63, 3.8) is 0 Å². The Labute approximate surface area is 256 Å². The molecule has 41 heavy (non-hydrogen) atoms. The van der Waals surface area contributed by atoms with Gasteiger partial charge < -0.3 is 9.80 Å². The zero-order valence-corrected chi connectivity index (χ0v) is 25.3. The van der Waals surface area contributed by atoms with Gasteiger partial charge in [-0.2, -0.15) is 24.3 Å². The summed E-state index contributed by atoms with van der Waals surface area (Å²) < 4.78 is 51.2. The molecule has 0 bridgehead atoms. The van der Waals surface area contributed by atoms with Crippen LogP contribution in [0.4, 0.5) is 17.6 Å². The van der Waals surface area contributed by atoms with E-state index in [2.05, 4.69) is 24.3 Å². The molecular weight excluding hydrogens is 568 g/mol. The van der Waals surface area contributed by atoms with Crippen LogP contribution in [0.25, 0.3) is 0 Å². The Morgan fingerprint density at radius 3 is 1.29 bits per heavy atom. The molecule has 0 aliphatic heterocycles. The second-order valence-electron chi connectivity index (χ2n) is 8.68. The Morgan fingerprint density at radius 2 is 1.07 bits per heavy atom. The molecule has 0 N–H and O–H groups in total. The van der Waals surface area contributed by atoms with Gasteiger partial charge in [-0.3, -0.25) is 21.7 Å². The van der Waals surface area contributed by atoms with Gasteiger partial charge in [0.05, 0.1) is 0 Å². The molecule has 2 aromatic carbocycles. The van der Waals surface area contributed by atoms with Crippen molar-refractivity contribution in [3.05, 3.63) is 119 Å². The molecule has 4 nitrogen and oxygen atoms in total. The van der Waals surface area contributed by atoms with Crippen LogP contribution >= 0.6 is 0 Å². The first kappa shape index (κ1) is 37.8. The number of rotatable bonds is 6. The van der Waals surface area contributed by atoms with E-state index in [1.807, 2.05) is 36.4 Å². The van der Waals surface area contributed by atoms with Gasteiger partial charge in [-0.1, -0.05) is 12.8 Å². The van der Waals surface area contributed by atoms with Crippen LogP contribution < -0.4 is 0 Å². The van der Waals surface area contributed by atoms with Crippen LogP contribution in [0.1, 0.15) is 37.8 Å². The first-order valence-corrected chi connectivity index (χ1v) is 12.6. The zero-order chi connectivity index (χ0) is 29.9. The molecule has 0 spiro atoms. The first-order chi connectivity index (χ1) is 19.0. The fourth-order valence-corrected chi connectivity index (χ4v) is 2.91. The van der Waals surface area contributed by atoms with Gasteiger partial charge in [-0.05, 0) is 0 Å². The third kappa shape index (κ3) is 17.2. The average Bonchev–Trinajstić information content (AvgIpc) is 3.67. The van der Waals surface area contributed by atoms with Gasteiger partial charge in [0.1, 0.15) is 0 Å². The van der Waals surface area contributed by atoms with Gasteiger partial charge in [0, 0.05) is 64.3 Å². The van der Waals surface area contributed by atoms with Crippen LogP contribution in [-0.4, -0.2) is 48.8 Å². The quantitative estimate of drug-likeness (QED) is 0.225. The van der Waals surface area contributed by atoms with Gasteiger partial charge in [0.25, 0.3) is 0 Å². The molecule has 0 saturated carbocycles. The first-order valence-electron chi connectivity index (χ1n) is 12.6. The van der Waals surface area contributed by atoms with Crippen molar-refractivity contribution in [3.8, 4) is 0 Å². The summed E-state index contributed by atoms with van der Waals surface area (Å²) in [6.07, 6.45) is 20.7. The Hall–Kier alpha value is -3.23. The fraction of sp³-hybridized carbons (Fsp3) is 0.312. The van der Waals surface area contributed by atoms with Crippen LogP contribution in [0.3, 0.4) is 0 Å². The summed E-state index contributed by atoms with van der Waals surface area (Å²) in [5, 5.41) is 0. The number of benzene rings is 2. The molecule has 9 heteroatoms. The van der Waals surface area contributed by atoms with Crippen molar-refractivity contribution in [2.75, 3.05) is 27.2 Å². The Balaban J connectivity index is 0.000000573. The van der Waals surface area contributed by atoms with Crippen molar-refractivity contribution in [1.82, 2.24) is 9.80 Å². The maximum absolute atomic E-state index is 13.1. The van der Waals surface area contributed by atoms with E-state index in [0.29, 0.717) is 37.1 Å². The van der Waals surface area contributed by atoms with E-state index in [0.717, 1.165) is 25.0 Å². The summed E-state index contributed by atoms with van der Waals surface area (Å²) >= 11 is 0. The molecule has 4 rings (SSSR count). The van der Waals surface area contributed by atoms with Gasteiger partial charge in [0.2, 0.25) is 11.8 Å². The van der Waals surface area contributed by atoms with E-state index < -0.39 is 23.3 Å². The third-order valence-corrected chi connectivity index (χ3v) is 5.56. The van der Waals surface area contributed by atoms with Crippen molar-refractivity contribution >= 4 is 11.8 Å².